The van der Waals surface area contributed by atoms with E-state index in [1.54, 1.807) is 0 Å². The normalized spacial score (nSPS) is 10.3. The lowest BCUT2D eigenvalue weighted by atomic mass is 10.1. The van der Waals surface area contributed by atoms with Gasteiger partial charge in [-0.3, -0.25) is 4.79 Å². The van der Waals surface area contributed by atoms with Gasteiger partial charge in [0.1, 0.15) is 0 Å². The van der Waals surface area contributed by atoms with Gasteiger partial charge < -0.3 is 15.5 Å². The molecule has 0 saturated heterocycles. The molecule has 0 radical (unpaired) electrons. The van der Waals surface area contributed by atoms with E-state index in [1.165, 1.54) is 0 Å². The number of amides is 1. The summed E-state index contributed by atoms with van der Waals surface area (Å²) in [5, 5.41) is 6.76. The summed E-state index contributed by atoms with van der Waals surface area (Å²) in [6.45, 7) is 6.62. The average molecular weight is 284 g/mol. The highest BCUT2D eigenvalue weighted by Crippen LogP contribution is 2.24. The van der Waals surface area contributed by atoms with Crippen LogP contribution < -0.4 is 15.5 Å². The maximum Gasteiger partial charge on any atom is 0.239 e. The van der Waals surface area contributed by atoms with Crippen molar-refractivity contribution in [2.45, 2.75) is 20.4 Å². The van der Waals surface area contributed by atoms with Crippen LogP contribution in [0.15, 0.2) is 18.2 Å². The molecule has 1 aromatic carbocycles. The molecule has 0 heterocycles. The van der Waals surface area contributed by atoms with Gasteiger partial charge in [0.05, 0.1) is 6.54 Å². The molecule has 106 valence electrons. The second kappa shape index (κ2) is 8.02. The maximum absolute atomic E-state index is 11.6. The summed E-state index contributed by atoms with van der Waals surface area (Å²) in [6, 6.07) is 5.76. The van der Waals surface area contributed by atoms with Crippen LogP contribution in [0.25, 0.3) is 0 Å². The van der Waals surface area contributed by atoms with E-state index >= 15 is 0 Å². The average Bonchev–Trinajstić information content (AvgIpc) is 2.37. The van der Waals surface area contributed by atoms with Crippen molar-refractivity contribution in [2.24, 2.45) is 0 Å². The number of carbonyl (C=O) groups excluding carboxylic acids is 1. The summed E-state index contributed by atoms with van der Waals surface area (Å²) in [5.74, 6) is 0.0133. The maximum atomic E-state index is 11.6. The van der Waals surface area contributed by atoms with Gasteiger partial charge in [0.2, 0.25) is 5.91 Å². The third kappa shape index (κ3) is 5.09. The first-order valence-corrected chi connectivity index (χ1v) is 6.93. The molecule has 5 heteroatoms. The first-order valence-electron chi connectivity index (χ1n) is 6.55. The Morgan fingerprint density at radius 3 is 2.68 bits per heavy atom. The standard InChI is InChI=1S/C14H22ClN3O/c1-4-16-9-11-6-7-12(15)8-13(11)18(3)10-14(19)17-5-2/h6-8,16H,4-5,9-10H2,1-3H3,(H,17,19). The van der Waals surface area contributed by atoms with Crippen LogP contribution in [0.5, 0.6) is 0 Å². The largest absolute Gasteiger partial charge is 0.365 e. The zero-order valence-electron chi connectivity index (χ0n) is 11.8. The van der Waals surface area contributed by atoms with Crippen LogP contribution in [-0.2, 0) is 11.3 Å². The fourth-order valence-corrected chi connectivity index (χ4v) is 2.02. The van der Waals surface area contributed by atoms with E-state index in [4.69, 9.17) is 11.6 Å². The zero-order valence-corrected chi connectivity index (χ0v) is 12.5. The number of benzene rings is 1. The SMILES string of the molecule is CCNCc1ccc(Cl)cc1N(C)CC(=O)NCC. The Morgan fingerprint density at radius 2 is 2.05 bits per heavy atom. The quantitative estimate of drug-likeness (QED) is 0.805. The Kier molecular flexibility index (Phi) is 6.67. The summed E-state index contributed by atoms with van der Waals surface area (Å²) in [4.78, 5) is 13.6. The van der Waals surface area contributed by atoms with Gasteiger partial charge in [-0.05, 0) is 31.2 Å². The highest BCUT2D eigenvalue weighted by Gasteiger charge is 2.11. The minimum atomic E-state index is 0.0133. The molecule has 0 fully saturated rings. The van der Waals surface area contributed by atoms with E-state index in [0.29, 0.717) is 18.1 Å². The number of rotatable bonds is 7. The van der Waals surface area contributed by atoms with Crippen molar-refractivity contribution in [3.05, 3.63) is 28.8 Å². The third-order valence-electron chi connectivity index (χ3n) is 2.78. The van der Waals surface area contributed by atoms with Crippen LogP contribution in [0.2, 0.25) is 5.02 Å². The Morgan fingerprint density at radius 1 is 1.32 bits per heavy atom. The lowest BCUT2D eigenvalue weighted by molar-refractivity contribution is -0.119. The molecule has 1 aromatic rings. The number of carbonyl (C=O) groups is 1. The predicted molar refractivity (Wildman–Crippen MR) is 80.8 cm³/mol. The van der Waals surface area contributed by atoms with Crippen LogP contribution in [0.1, 0.15) is 19.4 Å². The topological polar surface area (TPSA) is 44.4 Å². The Labute approximate surface area is 120 Å². The number of hydrogen-bond donors (Lipinski definition) is 2. The molecule has 0 aliphatic heterocycles. The molecule has 1 amide bonds. The lowest BCUT2D eigenvalue weighted by Crippen LogP contribution is -2.35. The number of likely N-dealkylation sites (N-methyl/N-ethyl adjacent to an activating group) is 2. The Balaban J connectivity index is 2.83. The molecular weight excluding hydrogens is 262 g/mol. The van der Waals surface area contributed by atoms with Crippen molar-refractivity contribution in [1.82, 2.24) is 10.6 Å². The van der Waals surface area contributed by atoms with E-state index in [0.717, 1.165) is 24.3 Å². The minimum Gasteiger partial charge on any atom is -0.365 e. The van der Waals surface area contributed by atoms with Crippen molar-refractivity contribution >= 4 is 23.2 Å². The summed E-state index contributed by atoms with van der Waals surface area (Å²) < 4.78 is 0. The molecule has 0 atom stereocenters. The van der Waals surface area contributed by atoms with Gasteiger partial charge in [-0.25, -0.2) is 0 Å². The molecule has 0 bridgehead atoms. The molecule has 0 aromatic heterocycles. The van der Waals surface area contributed by atoms with Crippen LogP contribution >= 0.6 is 11.6 Å². The summed E-state index contributed by atoms with van der Waals surface area (Å²) in [6.07, 6.45) is 0. The van der Waals surface area contributed by atoms with Crippen molar-refractivity contribution in [1.29, 1.82) is 0 Å². The number of hydrogen-bond acceptors (Lipinski definition) is 3. The number of nitrogens with zero attached hydrogens (tertiary/aromatic N) is 1. The van der Waals surface area contributed by atoms with E-state index in [9.17, 15) is 4.79 Å². The van der Waals surface area contributed by atoms with Crippen LogP contribution in [0.3, 0.4) is 0 Å². The van der Waals surface area contributed by atoms with Crippen molar-refractivity contribution in [2.75, 3.05) is 31.6 Å². The van der Waals surface area contributed by atoms with Gasteiger partial charge >= 0.3 is 0 Å². The Bertz CT molecular complexity index is 423. The van der Waals surface area contributed by atoms with Gasteiger partial charge in [0.25, 0.3) is 0 Å². The monoisotopic (exact) mass is 283 g/mol. The van der Waals surface area contributed by atoms with Crippen molar-refractivity contribution in [3.63, 3.8) is 0 Å². The zero-order chi connectivity index (χ0) is 14.3. The molecule has 0 spiro atoms. The molecular formula is C14H22ClN3O. The highest BCUT2D eigenvalue weighted by atomic mass is 35.5. The molecule has 0 aliphatic rings. The molecule has 19 heavy (non-hydrogen) atoms. The molecule has 4 nitrogen and oxygen atoms in total. The smallest absolute Gasteiger partial charge is 0.239 e. The number of anilines is 1. The van der Waals surface area contributed by atoms with E-state index in [2.05, 4.69) is 17.6 Å². The van der Waals surface area contributed by atoms with Crippen LogP contribution in [0.4, 0.5) is 5.69 Å². The van der Waals surface area contributed by atoms with Gasteiger partial charge in [-0.15, -0.1) is 0 Å². The van der Waals surface area contributed by atoms with E-state index in [1.807, 2.05) is 37.1 Å². The summed E-state index contributed by atoms with van der Waals surface area (Å²) in [7, 11) is 1.90. The van der Waals surface area contributed by atoms with Gasteiger partial charge in [-0.2, -0.15) is 0 Å². The second-order valence-corrected chi connectivity index (χ2v) is 4.80. The van der Waals surface area contributed by atoms with Crippen molar-refractivity contribution in [3.8, 4) is 0 Å². The third-order valence-corrected chi connectivity index (χ3v) is 3.01. The summed E-state index contributed by atoms with van der Waals surface area (Å²) in [5.41, 5.74) is 2.12. The number of nitrogens with one attached hydrogen (secondary N) is 2. The molecule has 0 unspecified atom stereocenters. The fourth-order valence-electron chi connectivity index (χ4n) is 1.86. The van der Waals surface area contributed by atoms with Crippen molar-refractivity contribution < 1.29 is 4.79 Å². The van der Waals surface area contributed by atoms with Crippen LogP contribution in [0, 0.1) is 0 Å². The first kappa shape index (κ1) is 15.8. The van der Waals surface area contributed by atoms with Crippen LogP contribution in [-0.4, -0.2) is 32.6 Å². The summed E-state index contributed by atoms with van der Waals surface area (Å²) >= 11 is 6.05. The minimum absolute atomic E-state index is 0.0133. The van der Waals surface area contributed by atoms with E-state index < -0.39 is 0 Å². The van der Waals surface area contributed by atoms with Gasteiger partial charge in [0.15, 0.2) is 0 Å². The second-order valence-electron chi connectivity index (χ2n) is 4.36. The van der Waals surface area contributed by atoms with E-state index in [-0.39, 0.29) is 5.91 Å². The first-order chi connectivity index (χ1) is 9.08. The predicted octanol–water partition coefficient (Wildman–Crippen LogP) is 2.02. The molecule has 0 saturated carbocycles. The highest BCUT2D eigenvalue weighted by molar-refractivity contribution is 6.30. The molecule has 2 N–H and O–H groups in total. The molecule has 1 rings (SSSR count). The number of halogens is 1. The Hall–Kier alpha value is -1.26. The fraction of sp³-hybridized carbons (Fsp3) is 0.500. The van der Waals surface area contributed by atoms with Gasteiger partial charge in [-0.1, -0.05) is 24.6 Å². The lowest BCUT2D eigenvalue weighted by Gasteiger charge is -2.22. The van der Waals surface area contributed by atoms with Gasteiger partial charge in [0, 0.05) is 30.8 Å². The molecule has 0 aliphatic carbocycles.